The van der Waals surface area contributed by atoms with E-state index in [4.69, 9.17) is 4.74 Å². The van der Waals surface area contributed by atoms with Gasteiger partial charge in [0.15, 0.2) is 4.90 Å². The number of ether oxygens (including phenoxy) is 1. The molecule has 0 aromatic heterocycles. The summed E-state index contributed by atoms with van der Waals surface area (Å²) in [7, 11) is -4.16. The molecule has 0 radical (unpaired) electrons. The first-order valence-electron chi connectivity index (χ1n) is 5.96. The molecule has 0 spiro atoms. The first kappa shape index (κ1) is 14.8. The molecule has 1 aliphatic rings. The maximum Gasteiger partial charge on any atom is 0.324 e. The fourth-order valence-electron chi connectivity index (χ4n) is 1.98. The Bertz CT molecular complexity index is 613. The van der Waals surface area contributed by atoms with Gasteiger partial charge >= 0.3 is 5.69 Å². The van der Waals surface area contributed by atoms with Crippen LogP contribution >= 0.6 is 0 Å². The van der Waals surface area contributed by atoms with Gasteiger partial charge in [-0.1, -0.05) is 6.07 Å². The molecule has 1 aromatic rings. The highest BCUT2D eigenvalue weighted by atomic mass is 32.2. The molecule has 7 nitrogen and oxygen atoms in total. The van der Waals surface area contributed by atoms with Crippen LogP contribution in [-0.4, -0.2) is 32.6 Å². The first-order valence-corrected chi connectivity index (χ1v) is 7.44. The van der Waals surface area contributed by atoms with Gasteiger partial charge in [-0.3, -0.25) is 10.1 Å². The number of rotatable bonds is 5. The van der Waals surface area contributed by atoms with Gasteiger partial charge in [-0.15, -0.1) is 0 Å². The van der Waals surface area contributed by atoms with E-state index in [2.05, 4.69) is 4.72 Å². The van der Waals surface area contributed by atoms with Crippen molar-refractivity contribution < 1.29 is 22.5 Å². The summed E-state index contributed by atoms with van der Waals surface area (Å²) in [6, 6.07) is 2.96. The Morgan fingerprint density at radius 3 is 2.85 bits per heavy atom. The monoisotopic (exact) mass is 304 g/mol. The normalized spacial score (nSPS) is 19.1. The zero-order valence-electron chi connectivity index (χ0n) is 10.4. The quantitative estimate of drug-likeness (QED) is 0.651. The van der Waals surface area contributed by atoms with E-state index in [0.29, 0.717) is 13.0 Å². The van der Waals surface area contributed by atoms with E-state index in [1.165, 1.54) is 0 Å². The van der Waals surface area contributed by atoms with Gasteiger partial charge in [-0.05, 0) is 25.0 Å². The lowest BCUT2D eigenvalue weighted by atomic mass is 10.2. The van der Waals surface area contributed by atoms with Crippen LogP contribution in [0.4, 0.5) is 10.1 Å². The van der Waals surface area contributed by atoms with Gasteiger partial charge in [0.2, 0.25) is 15.8 Å². The molecule has 1 aromatic carbocycles. The standard InChI is InChI=1S/C11H13FN2O5S/c12-9-4-1-5-10(11(9)14(15)16)20(17,18)13-7-8-3-2-6-19-8/h1,4-5,8,13H,2-3,6-7H2. The van der Waals surface area contributed by atoms with Crippen LogP contribution in [0.3, 0.4) is 0 Å². The Morgan fingerprint density at radius 1 is 1.50 bits per heavy atom. The van der Waals surface area contributed by atoms with Crippen molar-refractivity contribution >= 4 is 15.7 Å². The van der Waals surface area contributed by atoms with Crippen LogP contribution in [0.15, 0.2) is 23.1 Å². The Balaban J connectivity index is 2.24. The van der Waals surface area contributed by atoms with Crippen molar-refractivity contribution in [2.24, 2.45) is 0 Å². The lowest BCUT2D eigenvalue weighted by Crippen LogP contribution is -2.32. The van der Waals surface area contributed by atoms with Crippen LogP contribution in [0.1, 0.15) is 12.8 Å². The number of nitro groups is 1. The maximum atomic E-state index is 13.4. The van der Waals surface area contributed by atoms with Gasteiger partial charge in [0.25, 0.3) is 0 Å². The third kappa shape index (κ3) is 3.11. The van der Waals surface area contributed by atoms with Crippen LogP contribution in [0, 0.1) is 15.9 Å². The van der Waals surface area contributed by atoms with Crippen LogP contribution in [0.25, 0.3) is 0 Å². The Kier molecular flexibility index (Phi) is 4.31. The Morgan fingerprint density at radius 2 is 2.25 bits per heavy atom. The summed E-state index contributed by atoms with van der Waals surface area (Å²) < 4.78 is 44.9. The summed E-state index contributed by atoms with van der Waals surface area (Å²) >= 11 is 0. The van der Waals surface area contributed by atoms with E-state index >= 15 is 0 Å². The molecule has 1 atom stereocenters. The number of hydrogen-bond donors (Lipinski definition) is 1. The predicted molar refractivity (Wildman–Crippen MR) is 67.2 cm³/mol. The molecule has 110 valence electrons. The molecule has 1 saturated heterocycles. The van der Waals surface area contributed by atoms with E-state index in [-0.39, 0.29) is 12.6 Å². The van der Waals surface area contributed by atoms with Crippen molar-refractivity contribution in [3.8, 4) is 0 Å². The summed E-state index contributed by atoms with van der Waals surface area (Å²) in [5.41, 5.74) is -1.05. The minimum atomic E-state index is -4.16. The lowest BCUT2D eigenvalue weighted by Gasteiger charge is -2.11. The van der Waals surface area contributed by atoms with E-state index in [9.17, 15) is 22.9 Å². The maximum absolute atomic E-state index is 13.4. The fourth-order valence-corrected chi connectivity index (χ4v) is 3.22. The van der Waals surface area contributed by atoms with Crippen LogP contribution in [0.2, 0.25) is 0 Å². The van der Waals surface area contributed by atoms with Crippen LogP contribution in [-0.2, 0) is 14.8 Å². The van der Waals surface area contributed by atoms with E-state index in [1.807, 2.05) is 0 Å². The second-order valence-electron chi connectivity index (χ2n) is 4.33. The number of hydrogen-bond acceptors (Lipinski definition) is 5. The average Bonchev–Trinajstić information content (AvgIpc) is 2.89. The van der Waals surface area contributed by atoms with Crippen molar-refractivity contribution in [1.82, 2.24) is 4.72 Å². The SMILES string of the molecule is O=[N+]([O-])c1c(F)cccc1S(=O)(=O)NCC1CCCO1. The van der Waals surface area contributed by atoms with Gasteiger partial charge in [0, 0.05) is 13.2 Å². The summed E-state index contributed by atoms with van der Waals surface area (Å²) in [4.78, 5) is 9.07. The first-order chi connectivity index (χ1) is 9.42. The molecule has 0 aliphatic carbocycles. The van der Waals surface area contributed by atoms with E-state index in [1.54, 1.807) is 0 Å². The molecule has 2 rings (SSSR count). The second kappa shape index (κ2) is 5.81. The number of nitrogens with zero attached hydrogens (tertiary/aromatic N) is 1. The molecule has 1 aliphatic heterocycles. The summed E-state index contributed by atoms with van der Waals surface area (Å²) in [5, 5.41) is 10.8. The fraction of sp³-hybridized carbons (Fsp3) is 0.455. The van der Waals surface area contributed by atoms with Crippen molar-refractivity contribution in [3.63, 3.8) is 0 Å². The summed E-state index contributed by atoms with van der Waals surface area (Å²) in [5.74, 6) is -1.19. The molecule has 0 saturated carbocycles. The molecular weight excluding hydrogens is 291 g/mol. The van der Waals surface area contributed by atoms with Gasteiger partial charge in [-0.25, -0.2) is 13.1 Å². The topological polar surface area (TPSA) is 98.5 Å². The third-order valence-corrected chi connectivity index (χ3v) is 4.40. The Labute approximate surface area is 114 Å². The second-order valence-corrected chi connectivity index (χ2v) is 6.07. The molecular formula is C11H13FN2O5S. The lowest BCUT2D eigenvalue weighted by molar-refractivity contribution is -0.390. The highest BCUT2D eigenvalue weighted by Crippen LogP contribution is 2.26. The Hall–Kier alpha value is -1.58. The van der Waals surface area contributed by atoms with Crippen molar-refractivity contribution in [3.05, 3.63) is 34.1 Å². The van der Waals surface area contributed by atoms with E-state index < -0.39 is 31.3 Å². The number of halogens is 1. The smallest absolute Gasteiger partial charge is 0.324 e. The molecule has 0 amide bonds. The van der Waals surface area contributed by atoms with Crippen molar-refractivity contribution in [2.45, 2.75) is 23.8 Å². The van der Waals surface area contributed by atoms with Crippen LogP contribution < -0.4 is 4.72 Å². The average molecular weight is 304 g/mol. The molecule has 1 unspecified atom stereocenters. The highest BCUT2D eigenvalue weighted by Gasteiger charge is 2.30. The summed E-state index contributed by atoms with van der Waals surface area (Å²) in [6.07, 6.45) is 1.30. The number of nitrogens with one attached hydrogen (secondary N) is 1. The molecule has 1 fully saturated rings. The van der Waals surface area contributed by atoms with Crippen LogP contribution in [0.5, 0.6) is 0 Å². The minimum Gasteiger partial charge on any atom is -0.377 e. The molecule has 0 bridgehead atoms. The molecule has 1 N–H and O–H groups in total. The number of sulfonamides is 1. The van der Waals surface area contributed by atoms with E-state index in [0.717, 1.165) is 24.6 Å². The van der Waals surface area contributed by atoms with Crippen molar-refractivity contribution in [1.29, 1.82) is 0 Å². The third-order valence-electron chi connectivity index (χ3n) is 2.95. The van der Waals surface area contributed by atoms with Gasteiger partial charge in [-0.2, -0.15) is 4.39 Å². The zero-order valence-corrected chi connectivity index (χ0v) is 11.2. The summed E-state index contributed by atoms with van der Waals surface area (Å²) in [6.45, 7) is 0.572. The molecule has 20 heavy (non-hydrogen) atoms. The van der Waals surface area contributed by atoms with Crippen molar-refractivity contribution in [2.75, 3.05) is 13.2 Å². The number of nitro benzene ring substituents is 1. The molecule has 9 heteroatoms. The molecule has 1 heterocycles. The zero-order chi connectivity index (χ0) is 14.8. The van der Waals surface area contributed by atoms with Gasteiger partial charge in [0.1, 0.15) is 0 Å². The van der Waals surface area contributed by atoms with Gasteiger partial charge < -0.3 is 4.74 Å². The van der Waals surface area contributed by atoms with Gasteiger partial charge in [0.05, 0.1) is 11.0 Å². The number of benzene rings is 1. The highest BCUT2D eigenvalue weighted by molar-refractivity contribution is 7.89. The number of para-hydroxylation sites is 1. The predicted octanol–water partition coefficient (Wildman–Crippen LogP) is 1.19. The minimum absolute atomic E-state index is 0.00992. The largest absolute Gasteiger partial charge is 0.377 e.